The van der Waals surface area contributed by atoms with Gasteiger partial charge in [-0.2, -0.15) is 0 Å². The van der Waals surface area contributed by atoms with Crippen LogP contribution in [0.5, 0.6) is 0 Å². The van der Waals surface area contributed by atoms with Crippen molar-refractivity contribution in [2.75, 3.05) is 17.2 Å². The van der Waals surface area contributed by atoms with Gasteiger partial charge in [0.05, 0.1) is 11.4 Å². The summed E-state index contributed by atoms with van der Waals surface area (Å²) in [7, 11) is 0. The van der Waals surface area contributed by atoms with Crippen LogP contribution in [0.4, 0.5) is 17.1 Å². The fourth-order valence-electron chi connectivity index (χ4n) is 1.38. The maximum absolute atomic E-state index is 5.78. The molecule has 0 saturated heterocycles. The smallest absolute Gasteiger partial charge is 0.0555 e. The Kier molecular flexibility index (Phi) is 1.52. The minimum atomic E-state index is 0.574. The Morgan fingerprint density at radius 1 is 0.769 bits per heavy atom. The summed E-state index contributed by atoms with van der Waals surface area (Å²) < 4.78 is 0. The Bertz CT molecular complexity index is 463. The third-order valence-electron chi connectivity index (χ3n) is 2.12. The molecule has 0 atom stereocenters. The molecule has 0 aliphatic carbocycles. The van der Waals surface area contributed by atoms with Gasteiger partial charge in [-0.15, -0.1) is 0 Å². The summed E-state index contributed by atoms with van der Waals surface area (Å²) in [5.74, 6) is 0. The van der Waals surface area contributed by atoms with Crippen molar-refractivity contribution in [3.63, 3.8) is 0 Å². The molecule has 13 heavy (non-hydrogen) atoms. The summed E-state index contributed by atoms with van der Waals surface area (Å²) in [4.78, 5) is 0. The Hall–Kier alpha value is -1.90. The molecule has 0 bridgehead atoms. The molecule has 0 spiro atoms. The van der Waals surface area contributed by atoms with E-state index in [1.165, 1.54) is 0 Å². The van der Waals surface area contributed by atoms with Crippen LogP contribution in [0.15, 0.2) is 30.3 Å². The highest BCUT2D eigenvalue weighted by molar-refractivity contribution is 5.98. The van der Waals surface area contributed by atoms with Crippen molar-refractivity contribution in [2.45, 2.75) is 0 Å². The molecule has 0 unspecified atom stereocenters. The molecule has 0 amide bonds. The first-order chi connectivity index (χ1) is 6.18. The van der Waals surface area contributed by atoms with Crippen LogP contribution in [0, 0.1) is 0 Å². The number of fused-ring (bicyclic) bond motifs is 1. The molecule has 3 heteroatoms. The molecule has 0 fully saturated rings. The van der Waals surface area contributed by atoms with Gasteiger partial charge >= 0.3 is 0 Å². The first kappa shape index (κ1) is 7.73. The van der Waals surface area contributed by atoms with Gasteiger partial charge in [-0.3, -0.25) is 0 Å². The Balaban J connectivity index is 2.89. The third kappa shape index (κ3) is 1.14. The van der Waals surface area contributed by atoms with Crippen LogP contribution in [-0.2, 0) is 0 Å². The van der Waals surface area contributed by atoms with E-state index >= 15 is 0 Å². The second-order valence-corrected chi connectivity index (χ2v) is 3.05. The van der Waals surface area contributed by atoms with Gasteiger partial charge in [0.1, 0.15) is 0 Å². The lowest BCUT2D eigenvalue weighted by molar-refractivity contribution is 1.69. The van der Waals surface area contributed by atoms with Crippen LogP contribution >= 0.6 is 0 Å². The summed E-state index contributed by atoms with van der Waals surface area (Å²) in [6, 6.07) is 9.34. The monoisotopic (exact) mass is 173 g/mol. The predicted molar refractivity (Wildman–Crippen MR) is 57.2 cm³/mol. The summed E-state index contributed by atoms with van der Waals surface area (Å²) in [5.41, 5.74) is 19.0. The van der Waals surface area contributed by atoms with E-state index < -0.39 is 0 Å². The van der Waals surface area contributed by atoms with Crippen LogP contribution in [0.3, 0.4) is 0 Å². The van der Waals surface area contributed by atoms with Gasteiger partial charge in [-0.1, -0.05) is 12.1 Å². The predicted octanol–water partition coefficient (Wildman–Crippen LogP) is 1.59. The van der Waals surface area contributed by atoms with E-state index in [-0.39, 0.29) is 0 Å². The van der Waals surface area contributed by atoms with E-state index in [4.69, 9.17) is 17.2 Å². The summed E-state index contributed by atoms with van der Waals surface area (Å²) in [6.07, 6.45) is 0. The molecule has 0 aliphatic rings. The molecular formula is C10H11N3. The van der Waals surface area contributed by atoms with Crippen molar-refractivity contribution in [1.82, 2.24) is 0 Å². The Morgan fingerprint density at radius 3 is 2.23 bits per heavy atom. The molecule has 2 aromatic carbocycles. The number of nitrogen functional groups attached to an aromatic ring is 3. The highest BCUT2D eigenvalue weighted by atomic mass is 14.7. The quantitative estimate of drug-likeness (QED) is 0.529. The maximum atomic E-state index is 5.78. The Labute approximate surface area is 76.1 Å². The standard InChI is InChI=1S/C10H11N3/c11-8-3-1-2-6-4-9(12)10(13)5-7(6)8/h1-5H,11-13H2. The minimum Gasteiger partial charge on any atom is -0.398 e. The SMILES string of the molecule is Nc1cc2cccc(N)c2cc1N. The van der Waals surface area contributed by atoms with E-state index in [0.29, 0.717) is 11.4 Å². The van der Waals surface area contributed by atoms with Gasteiger partial charge in [0.15, 0.2) is 0 Å². The van der Waals surface area contributed by atoms with Gasteiger partial charge in [-0.05, 0) is 23.6 Å². The summed E-state index contributed by atoms with van der Waals surface area (Å²) in [5, 5.41) is 1.97. The highest BCUT2D eigenvalue weighted by Crippen LogP contribution is 2.27. The highest BCUT2D eigenvalue weighted by Gasteiger charge is 2.00. The molecule has 0 aromatic heterocycles. The van der Waals surface area contributed by atoms with Crippen molar-refractivity contribution in [2.24, 2.45) is 0 Å². The maximum Gasteiger partial charge on any atom is 0.0555 e. The normalized spacial score (nSPS) is 10.5. The number of nitrogens with two attached hydrogens (primary N) is 3. The van der Waals surface area contributed by atoms with Crippen LogP contribution < -0.4 is 17.2 Å². The van der Waals surface area contributed by atoms with Gasteiger partial charge in [0, 0.05) is 11.1 Å². The zero-order valence-electron chi connectivity index (χ0n) is 7.12. The number of anilines is 3. The Morgan fingerprint density at radius 2 is 1.46 bits per heavy atom. The lowest BCUT2D eigenvalue weighted by Crippen LogP contribution is -1.95. The van der Waals surface area contributed by atoms with E-state index in [1.54, 1.807) is 6.07 Å². The molecule has 0 heterocycles. The first-order valence-electron chi connectivity index (χ1n) is 4.01. The largest absolute Gasteiger partial charge is 0.398 e. The molecule has 3 nitrogen and oxygen atoms in total. The number of rotatable bonds is 0. The fraction of sp³-hybridized carbons (Fsp3) is 0. The van der Waals surface area contributed by atoms with Crippen LogP contribution in [0.1, 0.15) is 0 Å². The van der Waals surface area contributed by atoms with Crippen LogP contribution in [-0.4, -0.2) is 0 Å². The van der Waals surface area contributed by atoms with E-state index in [0.717, 1.165) is 16.5 Å². The van der Waals surface area contributed by atoms with Gasteiger partial charge in [0.2, 0.25) is 0 Å². The molecule has 0 aliphatic heterocycles. The van der Waals surface area contributed by atoms with Crippen LogP contribution in [0.25, 0.3) is 10.8 Å². The molecule has 2 aromatic rings. The van der Waals surface area contributed by atoms with E-state index in [2.05, 4.69) is 0 Å². The number of hydrogen-bond donors (Lipinski definition) is 3. The molecule has 0 saturated carbocycles. The van der Waals surface area contributed by atoms with Crippen molar-refractivity contribution in [1.29, 1.82) is 0 Å². The summed E-state index contributed by atoms with van der Waals surface area (Å²) in [6.45, 7) is 0. The number of benzene rings is 2. The van der Waals surface area contributed by atoms with Crippen molar-refractivity contribution < 1.29 is 0 Å². The van der Waals surface area contributed by atoms with Gasteiger partial charge in [0.25, 0.3) is 0 Å². The molecular weight excluding hydrogens is 162 g/mol. The van der Waals surface area contributed by atoms with Gasteiger partial charge in [-0.25, -0.2) is 0 Å². The number of hydrogen-bond acceptors (Lipinski definition) is 3. The summed E-state index contributed by atoms with van der Waals surface area (Å²) >= 11 is 0. The second-order valence-electron chi connectivity index (χ2n) is 3.05. The average Bonchev–Trinajstić information content (AvgIpc) is 2.09. The topological polar surface area (TPSA) is 78.1 Å². The van der Waals surface area contributed by atoms with Crippen LogP contribution in [0.2, 0.25) is 0 Å². The zero-order chi connectivity index (χ0) is 9.42. The van der Waals surface area contributed by atoms with Crippen molar-refractivity contribution in [3.05, 3.63) is 30.3 Å². The van der Waals surface area contributed by atoms with Crippen molar-refractivity contribution >= 4 is 27.8 Å². The lowest BCUT2D eigenvalue weighted by atomic mass is 10.1. The van der Waals surface area contributed by atoms with E-state index in [1.807, 2.05) is 24.3 Å². The first-order valence-corrected chi connectivity index (χ1v) is 4.01. The second kappa shape index (κ2) is 2.55. The molecule has 0 radical (unpaired) electrons. The molecule has 66 valence electrons. The van der Waals surface area contributed by atoms with E-state index in [9.17, 15) is 0 Å². The average molecular weight is 173 g/mol. The fourth-order valence-corrected chi connectivity index (χ4v) is 1.38. The zero-order valence-corrected chi connectivity index (χ0v) is 7.12. The van der Waals surface area contributed by atoms with Gasteiger partial charge < -0.3 is 17.2 Å². The minimum absolute atomic E-state index is 0.574. The molecule has 2 rings (SSSR count). The molecule has 6 N–H and O–H groups in total. The third-order valence-corrected chi connectivity index (χ3v) is 2.12. The lowest BCUT2D eigenvalue weighted by Gasteiger charge is -2.05. The van der Waals surface area contributed by atoms with Crippen molar-refractivity contribution in [3.8, 4) is 0 Å².